The third-order valence-corrected chi connectivity index (χ3v) is 4.11. The van der Waals surface area contributed by atoms with E-state index in [1.165, 1.54) is 18.9 Å². The molecule has 22 heavy (non-hydrogen) atoms. The lowest BCUT2D eigenvalue weighted by Crippen LogP contribution is -2.45. The van der Waals surface area contributed by atoms with E-state index in [2.05, 4.69) is 17.6 Å². The van der Waals surface area contributed by atoms with Gasteiger partial charge in [-0.1, -0.05) is 50.1 Å². The van der Waals surface area contributed by atoms with Crippen LogP contribution in [0.2, 0.25) is 0 Å². The van der Waals surface area contributed by atoms with E-state index in [9.17, 15) is 9.59 Å². The van der Waals surface area contributed by atoms with Crippen LogP contribution in [-0.4, -0.2) is 24.4 Å². The molecule has 2 N–H and O–H groups in total. The van der Waals surface area contributed by atoms with Gasteiger partial charge in [0, 0.05) is 12.1 Å². The monoisotopic (exact) mass is 300 g/mol. The highest BCUT2D eigenvalue weighted by atomic mass is 16.2. The summed E-state index contributed by atoms with van der Waals surface area (Å²) < 4.78 is 0. The molecule has 4 heteroatoms. The van der Waals surface area contributed by atoms with Gasteiger partial charge < -0.3 is 10.6 Å². The van der Waals surface area contributed by atoms with Crippen molar-refractivity contribution in [3.05, 3.63) is 42.0 Å². The molecule has 4 nitrogen and oxygen atoms in total. The zero-order valence-corrected chi connectivity index (χ0v) is 13.0. The summed E-state index contributed by atoms with van der Waals surface area (Å²) in [5, 5.41) is 5.64. The van der Waals surface area contributed by atoms with Gasteiger partial charge in [0.15, 0.2) is 0 Å². The van der Waals surface area contributed by atoms with Gasteiger partial charge >= 0.3 is 0 Å². The molecular formula is C18H24N2O2. The minimum Gasteiger partial charge on any atom is -0.352 e. The molecule has 0 heterocycles. The Labute approximate surface area is 132 Å². The predicted octanol–water partition coefficient (Wildman–Crippen LogP) is 2.51. The molecule has 1 fully saturated rings. The molecule has 2 rings (SSSR count). The SMILES string of the molecule is C[C@H]1CCCC[C@@H]1NC(=O)CNC(=O)/C=C/c1ccccc1. The zero-order chi connectivity index (χ0) is 15.8. The van der Waals surface area contributed by atoms with Crippen LogP contribution in [0, 0.1) is 5.92 Å². The molecule has 118 valence electrons. The molecule has 1 aromatic carbocycles. The van der Waals surface area contributed by atoms with Gasteiger partial charge in [0.05, 0.1) is 6.54 Å². The van der Waals surface area contributed by atoms with Crippen LogP contribution in [0.25, 0.3) is 6.08 Å². The molecule has 1 aliphatic rings. The second-order valence-electron chi connectivity index (χ2n) is 5.90. The summed E-state index contributed by atoms with van der Waals surface area (Å²) in [4.78, 5) is 23.6. The molecule has 0 aromatic heterocycles. The molecule has 2 amide bonds. The maximum atomic E-state index is 11.9. The summed E-state index contributed by atoms with van der Waals surface area (Å²) in [6.07, 6.45) is 7.80. The number of hydrogen-bond acceptors (Lipinski definition) is 2. The molecule has 0 saturated heterocycles. The van der Waals surface area contributed by atoms with Gasteiger partial charge in [-0.3, -0.25) is 9.59 Å². The van der Waals surface area contributed by atoms with E-state index in [1.807, 2.05) is 30.3 Å². The van der Waals surface area contributed by atoms with Gasteiger partial charge in [-0.05, 0) is 30.4 Å². The van der Waals surface area contributed by atoms with Crippen molar-refractivity contribution >= 4 is 17.9 Å². The molecular weight excluding hydrogens is 276 g/mol. The van der Waals surface area contributed by atoms with Gasteiger partial charge in [0.2, 0.25) is 11.8 Å². The van der Waals surface area contributed by atoms with Gasteiger partial charge in [-0.2, -0.15) is 0 Å². The molecule has 1 aliphatic carbocycles. The summed E-state index contributed by atoms with van der Waals surface area (Å²) in [6.45, 7) is 2.20. The van der Waals surface area contributed by atoms with Gasteiger partial charge in [-0.15, -0.1) is 0 Å². The van der Waals surface area contributed by atoms with Gasteiger partial charge in [0.25, 0.3) is 0 Å². The zero-order valence-electron chi connectivity index (χ0n) is 13.0. The average Bonchev–Trinajstić information content (AvgIpc) is 2.54. The van der Waals surface area contributed by atoms with Crippen molar-refractivity contribution in [2.45, 2.75) is 38.6 Å². The van der Waals surface area contributed by atoms with Crippen molar-refractivity contribution < 1.29 is 9.59 Å². The van der Waals surface area contributed by atoms with Crippen molar-refractivity contribution in [1.82, 2.24) is 10.6 Å². The maximum Gasteiger partial charge on any atom is 0.244 e. The lowest BCUT2D eigenvalue weighted by atomic mass is 9.86. The summed E-state index contributed by atoms with van der Waals surface area (Å²) >= 11 is 0. The second-order valence-corrected chi connectivity index (χ2v) is 5.90. The van der Waals surface area contributed by atoms with E-state index in [4.69, 9.17) is 0 Å². The third kappa shape index (κ3) is 5.35. The first-order valence-electron chi connectivity index (χ1n) is 7.95. The Bertz CT molecular complexity index is 525. The first-order valence-corrected chi connectivity index (χ1v) is 7.95. The number of rotatable bonds is 5. The number of hydrogen-bond donors (Lipinski definition) is 2. The first-order chi connectivity index (χ1) is 10.6. The molecule has 0 radical (unpaired) electrons. The number of amides is 2. The molecule has 0 aliphatic heterocycles. The molecule has 0 unspecified atom stereocenters. The quantitative estimate of drug-likeness (QED) is 0.821. The smallest absolute Gasteiger partial charge is 0.244 e. The van der Waals surface area contributed by atoms with Gasteiger partial charge in [0.1, 0.15) is 0 Å². The van der Waals surface area contributed by atoms with E-state index in [-0.39, 0.29) is 24.4 Å². The number of carbonyl (C=O) groups excluding carboxylic acids is 2. The summed E-state index contributed by atoms with van der Waals surface area (Å²) in [7, 11) is 0. The van der Waals surface area contributed by atoms with Crippen LogP contribution in [0.1, 0.15) is 38.2 Å². The number of carbonyl (C=O) groups is 2. The highest BCUT2D eigenvalue weighted by Gasteiger charge is 2.22. The second kappa shape index (κ2) is 8.37. The Kier molecular flexibility index (Phi) is 6.19. The lowest BCUT2D eigenvalue weighted by molar-refractivity contribution is -0.124. The standard InChI is InChI=1S/C18H24N2O2/c1-14-7-5-6-10-16(14)20-18(22)13-19-17(21)12-11-15-8-3-2-4-9-15/h2-4,8-9,11-12,14,16H,5-7,10,13H2,1H3,(H,19,21)(H,20,22)/b12-11+/t14-,16-/m0/s1. The third-order valence-electron chi connectivity index (χ3n) is 4.11. The molecule has 0 bridgehead atoms. The minimum absolute atomic E-state index is 0.0290. The summed E-state index contributed by atoms with van der Waals surface area (Å²) in [5.41, 5.74) is 0.957. The largest absolute Gasteiger partial charge is 0.352 e. The van der Waals surface area contributed by atoms with E-state index >= 15 is 0 Å². The van der Waals surface area contributed by atoms with Gasteiger partial charge in [-0.25, -0.2) is 0 Å². The van der Waals surface area contributed by atoms with Crippen LogP contribution < -0.4 is 10.6 Å². The van der Waals surface area contributed by atoms with Crippen LogP contribution in [0.4, 0.5) is 0 Å². The van der Waals surface area contributed by atoms with Crippen molar-refractivity contribution in [3.8, 4) is 0 Å². The van der Waals surface area contributed by atoms with Crippen LogP contribution in [0.5, 0.6) is 0 Å². The fourth-order valence-corrected chi connectivity index (χ4v) is 2.75. The van der Waals surface area contributed by atoms with Crippen molar-refractivity contribution in [1.29, 1.82) is 0 Å². The van der Waals surface area contributed by atoms with Crippen molar-refractivity contribution in [2.75, 3.05) is 6.54 Å². The van der Waals surface area contributed by atoms with Crippen LogP contribution in [-0.2, 0) is 9.59 Å². The van der Waals surface area contributed by atoms with Crippen LogP contribution >= 0.6 is 0 Å². The highest BCUT2D eigenvalue weighted by molar-refractivity contribution is 5.94. The summed E-state index contributed by atoms with van der Waals surface area (Å²) in [5.74, 6) is 0.155. The molecule has 1 aromatic rings. The molecule has 1 saturated carbocycles. The van der Waals surface area contributed by atoms with E-state index < -0.39 is 0 Å². The number of nitrogens with one attached hydrogen (secondary N) is 2. The Morgan fingerprint density at radius 1 is 1.18 bits per heavy atom. The lowest BCUT2D eigenvalue weighted by Gasteiger charge is -2.29. The average molecular weight is 300 g/mol. The minimum atomic E-state index is -0.254. The Morgan fingerprint density at radius 3 is 2.64 bits per heavy atom. The topological polar surface area (TPSA) is 58.2 Å². The van der Waals surface area contributed by atoms with Crippen molar-refractivity contribution in [3.63, 3.8) is 0 Å². The first kappa shape index (κ1) is 16.3. The Morgan fingerprint density at radius 2 is 1.91 bits per heavy atom. The fraction of sp³-hybridized carbons (Fsp3) is 0.444. The van der Waals surface area contributed by atoms with E-state index in [0.29, 0.717) is 5.92 Å². The summed E-state index contributed by atoms with van der Waals surface area (Å²) in [6, 6.07) is 9.83. The van der Waals surface area contributed by atoms with E-state index in [1.54, 1.807) is 6.08 Å². The number of benzene rings is 1. The highest BCUT2D eigenvalue weighted by Crippen LogP contribution is 2.23. The predicted molar refractivity (Wildman–Crippen MR) is 88.0 cm³/mol. The van der Waals surface area contributed by atoms with Crippen molar-refractivity contribution in [2.24, 2.45) is 5.92 Å². The van der Waals surface area contributed by atoms with E-state index in [0.717, 1.165) is 18.4 Å². The van der Waals surface area contributed by atoms with Crippen LogP contribution in [0.3, 0.4) is 0 Å². The Hall–Kier alpha value is -2.10. The molecule has 2 atom stereocenters. The van der Waals surface area contributed by atoms with Crippen LogP contribution in [0.15, 0.2) is 36.4 Å². The fourth-order valence-electron chi connectivity index (χ4n) is 2.75. The normalized spacial score (nSPS) is 21.5. The Balaban J connectivity index is 1.71. The maximum absolute atomic E-state index is 11.9. The molecule has 0 spiro atoms.